The molecule has 68 valence electrons. The average molecular weight is 307 g/mol. The Morgan fingerprint density at radius 2 is 2.08 bits per heavy atom. The highest BCUT2D eigenvalue weighted by Crippen LogP contribution is 2.27. The maximum absolute atomic E-state index is 11.2. The van der Waals surface area contributed by atoms with Gasteiger partial charge in [-0.1, -0.05) is 11.6 Å². The lowest BCUT2D eigenvalue weighted by Gasteiger charge is -2.16. The number of ketones is 1. The van der Waals surface area contributed by atoms with Crippen LogP contribution in [0.1, 0.15) is 17.5 Å². The lowest BCUT2D eigenvalue weighted by molar-refractivity contribution is -0.118. The molecule has 1 nitrogen and oxygen atoms in total. The molecule has 1 aromatic carbocycles. The van der Waals surface area contributed by atoms with Gasteiger partial charge in [-0.2, -0.15) is 0 Å². The number of rotatable bonds is 0. The predicted molar refractivity (Wildman–Crippen MR) is 61.2 cm³/mol. The van der Waals surface area contributed by atoms with Crippen molar-refractivity contribution in [3.63, 3.8) is 0 Å². The van der Waals surface area contributed by atoms with Crippen molar-refractivity contribution in [3.8, 4) is 0 Å². The Kier molecular flexibility index (Phi) is 2.60. The molecule has 1 aliphatic rings. The molecule has 2 rings (SSSR count). The summed E-state index contributed by atoms with van der Waals surface area (Å²) in [5, 5.41) is 0.775. The zero-order chi connectivity index (χ0) is 9.42. The molecular weight excluding hydrogens is 298 g/mol. The van der Waals surface area contributed by atoms with Crippen LogP contribution in [0.4, 0.5) is 0 Å². The van der Waals surface area contributed by atoms with E-state index in [2.05, 4.69) is 22.6 Å². The first kappa shape index (κ1) is 9.46. The van der Waals surface area contributed by atoms with Crippen LogP contribution in [-0.2, 0) is 17.6 Å². The first-order valence-corrected chi connectivity index (χ1v) is 5.61. The van der Waals surface area contributed by atoms with Gasteiger partial charge in [-0.3, -0.25) is 4.79 Å². The molecule has 0 N–H and O–H groups in total. The minimum atomic E-state index is 0.340. The molecule has 1 aromatic rings. The summed E-state index contributed by atoms with van der Waals surface area (Å²) < 4.78 is 1.12. The van der Waals surface area contributed by atoms with E-state index < -0.39 is 0 Å². The van der Waals surface area contributed by atoms with Crippen LogP contribution in [0.15, 0.2) is 12.1 Å². The quantitative estimate of drug-likeness (QED) is 0.674. The van der Waals surface area contributed by atoms with E-state index in [0.29, 0.717) is 18.6 Å². The van der Waals surface area contributed by atoms with Gasteiger partial charge in [0.1, 0.15) is 5.78 Å². The zero-order valence-electron chi connectivity index (χ0n) is 6.94. The lowest BCUT2D eigenvalue weighted by atomic mass is 9.91. The third kappa shape index (κ3) is 1.89. The van der Waals surface area contributed by atoms with Crippen molar-refractivity contribution in [1.82, 2.24) is 0 Å². The molecule has 3 heteroatoms. The molecule has 1 aliphatic carbocycles. The van der Waals surface area contributed by atoms with Gasteiger partial charge in [0, 0.05) is 21.4 Å². The third-order valence-corrected chi connectivity index (χ3v) is 3.48. The summed E-state index contributed by atoms with van der Waals surface area (Å²) in [6, 6.07) is 3.89. The molecule has 0 aromatic heterocycles. The topological polar surface area (TPSA) is 17.1 Å². The van der Waals surface area contributed by atoms with Crippen LogP contribution >= 0.6 is 34.2 Å². The number of benzene rings is 1. The Morgan fingerprint density at radius 1 is 1.31 bits per heavy atom. The van der Waals surface area contributed by atoms with E-state index in [1.54, 1.807) is 0 Å². The van der Waals surface area contributed by atoms with Crippen molar-refractivity contribution in [1.29, 1.82) is 0 Å². The van der Waals surface area contributed by atoms with Crippen molar-refractivity contribution in [2.45, 2.75) is 19.3 Å². The molecule has 0 bridgehead atoms. The van der Waals surface area contributed by atoms with E-state index in [-0.39, 0.29) is 0 Å². The molecule has 0 amide bonds. The van der Waals surface area contributed by atoms with Crippen LogP contribution in [0.2, 0.25) is 5.02 Å². The summed E-state index contributed by atoms with van der Waals surface area (Å²) in [6.45, 7) is 0. The molecule has 0 atom stereocenters. The average Bonchev–Trinajstić information content (AvgIpc) is 2.06. The molecule has 0 fully saturated rings. The fraction of sp³-hybridized carbons (Fsp3) is 0.300. The second-order valence-electron chi connectivity index (χ2n) is 3.24. The lowest BCUT2D eigenvalue weighted by Crippen LogP contribution is -2.14. The fourth-order valence-corrected chi connectivity index (χ4v) is 2.93. The van der Waals surface area contributed by atoms with Gasteiger partial charge in [0.2, 0.25) is 0 Å². The molecule has 0 spiro atoms. The Bertz CT molecular complexity index is 373. The van der Waals surface area contributed by atoms with E-state index in [4.69, 9.17) is 11.6 Å². The van der Waals surface area contributed by atoms with Crippen LogP contribution < -0.4 is 0 Å². The van der Waals surface area contributed by atoms with E-state index in [9.17, 15) is 4.79 Å². The van der Waals surface area contributed by atoms with Crippen LogP contribution in [0.25, 0.3) is 0 Å². The number of hydrogen-bond donors (Lipinski definition) is 0. The molecule has 0 unspecified atom stereocenters. The molecule has 0 saturated carbocycles. The highest BCUT2D eigenvalue weighted by molar-refractivity contribution is 14.1. The number of halogens is 2. The van der Waals surface area contributed by atoms with Crippen LogP contribution in [-0.4, -0.2) is 5.78 Å². The van der Waals surface area contributed by atoms with Crippen molar-refractivity contribution < 1.29 is 4.79 Å². The second-order valence-corrected chi connectivity index (χ2v) is 4.84. The molecule has 0 heterocycles. The second kappa shape index (κ2) is 3.58. The molecule has 13 heavy (non-hydrogen) atoms. The van der Waals surface area contributed by atoms with Crippen molar-refractivity contribution in [2.24, 2.45) is 0 Å². The maximum Gasteiger partial charge on any atom is 0.137 e. The highest BCUT2D eigenvalue weighted by Gasteiger charge is 2.18. The largest absolute Gasteiger partial charge is 0.299 e. The van der Waals surface area contributed by atoms with Gasteiger partial charge < -0.3 is 0 Å². The maximum atomic E-state index is 11.2. The first-order valence-electron chi connectivity index (χ1n) is 4.15. The first-order chi connectivity index (χ1) is 6.16. The Labute approximate surface area is 95.6 Å². The van der Waals surface area contributed by atoms with Gasteiger partial charge in [-0.15, -0.1) is 0 Å². The van der Waals surface area contributed by atoms with Gasteiger partial charge >= 0.3 is 0 Å². The van der Waals surface area contributed by atoms with Crippen LogP contribution in [0, 0.1) is 3.57 Å². The SMILES string of the molecule is O=C1CCc2cc(Cl)cc(I)c2C1. The van der Waals surface area contributed by atoms with Crippen molar-refractivity contribution in [2.75, 3.05) is 0 Å². The summed E-state index contributed by atoms with van der Waals surface area (Å²) in [6.07, 6.45) is 2.11. The van der Waals surface area contributed by atoms with Gasteiger partial charge in [0.25, 0.3) is 0 Å². The minimum absolute atomic E-state index is 0.340. The smallest absolute Gasteiger partial charge is 0.137 e. The summed E-state index contributed by atoms with van der Waals surface area (Å²) in [7, 11) is 0. The Morgan fingerprint density at radius 3 is 2.85 bits per heavy atom. The number of carbonyl (C=O) groups excluding carboxylic acids is 1. The van der Waals surface area contributed by atoms with Crippen molar-refractivity contribution in [3.05, 3.63) is 31.9 Å². The normalized spacial score (nSPS) is 15.7. The minimum Gasteiger partial charge on any atom is -0.299 e. The summed E-state index contributed by atoms with van der Waals surface area (Å²) in [4.78, 5) is 11.2. The van der Waals surface area contributed by atoms with Gasteiger partial charge in [0.05, 0.1) is 0 Å². The standard InChI is InChI=1S/C10H8ClIO/c11-7-3-6-1-2-8(13)5-9(6)10(12)4-7/h3-4H,1-2,5H2. The number of fused-ring (bicyclic) bond motifs is 1. The van der Waals surface area contributed by atoms with Crippen LogP contribution in [0.3, 0.4) is 0 Å². The van der Waals surface area contributed by atoms with Gasteiger partial charge in [0.15, 0.2) is 0 Å². The summed E-state index contributed by atoms with van der Waals surface area (Å²) in [5.41, 5.74) is 2.43. The summed E-state index contributed by atoms with van der Waals surface area (Å²) in [5.74, 6) is 0.340. The molecule has 0 aliphatic heterocycles. The third-order valence-electron chi connectivity index (χ3n) is 2.30. The Hall–Kier alpha value is -0.0900. The van der Waals surface area contributed by atoms with E-state index in [0.717, 1.165) is 15.0 Å². The molecule has 0 saturated heterocycles. The van der Waals surface area contributed by atoms with Gasteiger partial charge in [-0.05, 0) is 52.3 Å². The van der Waals surface area contributed by atoms with E-state index >= 15 is 0 Å². The summed E-state index contributed by atoms with van der Waals surface area (Å²) >= 11 is 8.17. The predicted octanol–water partition coefficient (Wildman–Crippen LogP) is 3.00. The van der Waals surface area contributed by atoms with Crippen LogP contribution in [0.5, 0.6) is 0 Å². The number of carbonyl (C=O) groups is 1. The Balaban J connectivity index is 2.53. The number of hydrogen-bond acceptors (Lipinski definition) is 1. The fourth-order valence-electron chi connectivity index (χ4n) is 1.64. The van der Waals surface area contributed by atoms with Crippen molar-refractivity contribution >= 4 is 40.0 Å². The monoisotopic (exact) mass is 306 g/mol. The molecule has 0 radical (unpaired) electrons. The number of aryl methyl sites for hydroxylation is 1. The van der Waals surface area contributed by atoms with Gasteiger partial charge in [-0.25, -0.2) is 0 Å². The van der Waals surface area contributed by atoms with E-state index in [1.807, 2.05) is 12.1 Å². The van der Waals surface area contributed by atoms with E-state index in [1.165, 1.54) is 11.1 Å². The zero-order valence-corrected chi connectivity index (χ0v) is 9.85. The molecular formula is C10H8ClIO. The number of Topliss-reactive ketones (excluding diaryl/α,β-unsaturated/α-hetero) is 1. The highest BCUT2D eigenvalue weighted by atomic mass is 127.